The van der Waals surface area contributed by atoms with Crippen LogP contribution in [0, 0.1) is 5.92 Å². The van der Waals surface area contributed by atoms with Crippen LogP contribution in [0.25, 0.3) is 0 Å². The monoisotopic (exact) mass is 313 g/mol. The number of carbonyl (C=O) groups is 1. The highest BCUT2D eigenvalue weighted by Crippen LogP contribution is 2.27. The average Bonchev–Trinajstić information content (AvgIpc) is 2.48. The molecule has 1 aliphatic carbocycles. The summed E-state index contributed by atoms with van der Waals surface area (Å²) in [6.07, 6.45) is 5.16. The molecule has 0 aromatic carbocycles. The summed E-state index contributed by atoms with van der Waals surface area (Å²) in [5.74, 6) is 0.336. The van der Waals surface area contributed by atoms with Crippen molar-refractivity contribution in [1.29, 1.82) is 0 Å². The maximum Gasteiger partial charge on any atom is 0.343 e. The van der Waals surface area contributed by atoms with Crippen LogP contribution in [0.1, 0.15) is 43.0 Å². The predicted octanol–water partition coefficient (Wildman–Crippen LogP) is 2.27. The van der Waals surface area contributed by atoms with E-state index in [9.17, 15) is 4.79 Å². The van der Waals surface area contributed by atoms with E-state index in [1.165, 1.54) is 6.20 Å². The third-order valence-electron chi connectivity index (χ3n) is 3.70. The topological polar surface area (TPSA) is 84.3 Å². The van der Waals surface area contributed by atoms with Gasteiger partial charge in [-0.1, -0.05) is 0 Å². The molecule has 1 aromatic heterocycles. The molecule has 0 bridgehead atoms. The Bertz CT molecular complexity index is 490. The lowest BCUT2D eigenvalue weighted by Crippen LogP contribution is -2.28. The molecule has 116 valence electrons. The Balaban J connectivity index is 2.08. The van der Waals surface area contributed by atoms with Crippen molar-refractivity contribution in [3.05, 3.63) is 17.0 Å². The van der Waals surface area contributed by atoms with Crippen molar-refractivity contribution in [3.8, 4) is 0 Å². The molecule has 21 heavy (non-hydrogen) atoms. The number of hydrogen-bond donors (Lipinski definition) is 2. The molecule has 0 radical (unpaired) electrons. The fourth-order valence-electron chi connectivity index (χ4n) is 2.51. The first-order valence-corrected chi connectivity index (χ1v) is 7.58. The molecule has 0 unspecified atom stereocenters. The molecular formula is C14H20ClN3O3. The minimum atomic E-state index is -0.458. The zero-order valence-corrected chi connectivity index (χ0v) is 12.8. The van der Waals surface area contributed by atoms with Gasteiger partial charge in [0.05, 0.1) is 6.61 Å². The van der Waals surface area contributed by atoms with Crippen molar-refractivity contribution < 1.29 is 14.6 Å². The van der Waals surface area contributed by atoms with Gasteiger partial charge in [-0.2, -0.15) is 4.98 Å². The lowest BCUT2D eigenvalue weighted by Gasteiger charge is -2.28. The van der Waals surface area contributed by atoms with Crippen LogP contribution in [0.5, 0.6) is 0 Å². The fraction of sp³-hybridized carbons (Fsp3) is 0.643. The molecule has 6 nitrogen and oxygen atoms in total. The van der Waals surface area contributed by atoms with Crippen molar-refractivity contribution >= 4 is 23.4 Å². The van der Waals surface area contributed by atoms with E-state index in [1.54, 1.807) is 6.92 Å². The summed E-state index contributed by atoms with van der Waals surface area (Å²) in [5, 5.41) is 12.5. The zero-order valence-electron chi connectivity index (χ0n) is 12.0. The number of aliphatic hydroxyl groups is 1. The Morgan fingerprint density at radius 1 is 1.48 bits per heavy atom. The van der Waals surface area contributed by atoms with Crippen LogP contribution in [-0.2, 0) is 4.74 Å². The molecule has 1 heterocycles. The van der Waals surface area contributed by atoms with Crippen LogP contribution in [-0.4, -0.2) is 40.3 Å². The maximum absolute atomic E-state index is 11.9. The van der Waals surface area contributed by atoms with Gasteiger partial charge in [-0.25, -0.2) is 9.78 Å². The third kappa shape index (κ3) is 4.28. The lowest BCUT2D eigenvalue weighted by atomic mass is 9.86. The number of ether oxygens (including phenoxy) is 1. The summed E-state index contributed by atoms with van der Waals surface area (Å²) in [6.45, 7) is 2.28. The van der Waals surface area contributed by atoms with Gasteiger partial charge in [0.2, 0.25) is 5.28 Å². The van der Waals surface area contributed by atoms with Gasteiger partial charge < -0.3 is 15.2 Å². The lowest BCUT2D eigenvalue weighted by molar-refractivity contribution is 0.0526. The van der Waals surface area contributed by atoms with Crippen molar-refractivity contribution in [2.45, 2.75) is 38.6 Å². The van der Waals surface area contributed by atoms with E-state index in [-0.39, 0.29) is 17.9 Å². The summed E-state index contributed by atoms with van der Waals surface area (Å²) < 4.78 is 5.00. The van der Waals surface area contributed by atoms with Crippen molar-refractivity contribution in [2.75, 3.05) is 18.5 Å². The van der Waals surface area contributed by atoms with E-state index in [0.29, 0.717) is 23.9 Å². The van der Waals surface area contributed by atoms with Gasteiger partial charge >= 0.3 is 5.97 Å². The normalized spacial score (nSPS) is 21.9. The number of esters is 1. The van der Waals surface area contributed by atoms with Gasteiger partial charge in [-0.15, -0.1) is 0 Å². The fourth-order valence-corrected chi connectivity index (χ4v) is 2.64. The molecule has 2 rings (SSSR count). The molecule has 0 aliphatic heterocycles. The van der Waals surface area contributed by atoms with Crippen LogP contribution < -0.4 is 5.32 Å². The maximum atomic E-state index is 11.9. The second-order valence-electron chi connectivity index (χ2n) is 5.17. The van der Waals surface area contributed by atoms with E-state index in [1.807, 2.05) is 0 Å². The van der Waals surface area contributed by atoms with E-state index in [2.05, 4.69) is 15.3 Å². The number of halogens is 1. The van der Waals surface area contributed by atoms with E-state index in [0.717, 1.165) is 25.7 Å². The highest BCUT2D eigenvalue weighted by Gasteiger charge is 2.23. The minimum absolute atomic E-state index is 0.0922. The molecule has 2 N–H and O–H groups in total. The Kier molecular flexibility index (Phi) is 5.76. The van der Waals surface area contributed by atoms with Gasteiger partial charge in [-0.3, -0.25) is 0 Å². The van der Waals surface area contributed by atoms with Crippen LogP contribution in [0.3, 0.4) is 0 Å². The number of anilines is 1. The summed E-state index contributed by atoms with van der Waals surface area (Å²) in [5.41, 5.74) is 0.297. The highest BCUT2D eigenvalue weighted by atomic mass is 35.5. The molecule has 1 aromatic rings. The second kappa shape index (κ2) is 7.56. The Labute approximate surface area is 128 Å². The Morgan fingerprint density at radius 3 is 2.81 bits per heavy atom. The molecule has 1 saturated carbocycles. The molecule has 1 aliphatic rings. The van der Waals surface area contributed by atoms with Crippen LogP contribution in [0.4, 0.5) is 5.82 Å². The van der Waals surface area contributed by atoms with Crippen molar-refractivity contribution in [3.63, 3.8) is 0 Å². The molecule has 0 spiro atoms. The number of aliphatic hydroxyl groups excluding tert-OH is 1. The standard InChI is InChI=1S/C14H20ClN3O3/c1-2-21-13(20)11-7-16-14(15)18-12(11)17-10-5-3-9(8-19)4-6-10/h7,9-10,19H,2-6,8H2,1H3,(H,16,17,18). The van der Waals surface area contributed by atoms with Gasteiger partial charge in [0, 0.05) is 18.8 Å². The predicted molar refractivity (Wildman–Crippen MR) is 79.5 cm³/mol. The third-order valence-corrected chi connectivity index (χ3v) is 3.88. The number of aromatic nitrogens is 2. The Morgan fingerprint density at radius 2 is 2.19 bits per heavy atom. The van der Waals surface area contributed by atoms with Crippen molar-refractivity contribution in [2.24, 2.45) is 5.92 Å². The molecule has 0 amide bonds. The number of rotatable bonds is 5. The minimum Gasteiger partial charge on any atom is -0.462 e. The smallest absolute Gasteiger partial charge is 0.343 e. The largest absolute Gasteiger partial charge is 0.462 e. The SMILES string of the molecule is CCOC(=O)c1cnc(Cl)nc1NC1CCC(CO)CC1. The van der Waals surface area contributed by atoms with Crippen LogP contribution in [0.15, 0.2) is 6.20 Å². The van der Waals surface area contributed by atoms with E-state index in [4.69, 9.17) is 21.4 Å². The van der Waals surface area contributed by atoms with Crippen molar-refractivity contribution in [1.82, 2.24) is 9.97 Å². The molecule has 1 fully saturated rings. The van der Waals surface area contributed by atoms with Gasteiger partial charge in [0.15, 0.2) is 0 Å². The molecular weight excluding hydrogens is 294 g/mol. The average molecular weight is 314 g/mol. The van der Waals surface area contributed by atoms with E-state index >= 15 is 0 Å². The first-order valence-electron chi connectivity index (χ1n) is 7.21. The van der Waals surface area contributed by atoms with Gasteiger partial charge in [0.25, 0.3) is 0 Å². The number of nitrogens with zero attached hydrogens (tertiary/aromatic N) is 2. The highest BCUT2D eigenvalue weighted by molar-refractivity contribution is 6.28. The summed E-state index contributed by atoms with van der Waals surface area (Å²) in [6, 6.07) is 0.215. The summed E-state index contributed by atoms with van der Waals surface area (Å²) in [7, 11) is 0. The summed E-state index contributed by atoms with van der Waals surface area (Å²) >= 11 is 5.81. The molecule has 0 atom stereocenters. The van der Waals surface area contributed by atoms with Gasteiger partial charge in [-0.05, 0) is 50.1 Å². The number of hydrogen-bond acceptors (Lipinski definition) is 6. The molecule has 0 saturated heterocycles. The Hall–Kier alpha value is -1.40. The second-order valence-corrected chi connectivity index (χ2v) is 5.50. The van der Waals surface area contributed by atoms with Crippen LogP contribution in [0.2, 0.25) is 5.28 Å². The van der Waals surface area contributed by atoms with Gasteiger partial charge in [0.1, 0.15) is 11.4 Å². The zero-order chi connectivity index (χ0) is 15.2. The quantitative estimate of drug-likeness (QED) is 0.641. The number of nitrogens with one attached hydrogen (secondary N) is 1. The first-order chi connectivity index (χ1) is 10.1. The first kappa shape index (κ1) is 16.0. The summed E-state index contributed by atoms with van der Waals surface area (Å²) in [4.78, 5) is 19.8. The molecule has 7 heteroatoms. The van der Waals surface area contributed by atoms with Crippen LogP contribution >= 0.6 is 11.6 Å². The number of carbonyl (C=O) groups excluding carboxylic acids is 1. The van der Waals surface area contributed by atoms with E-state index < -0.39 is 5.97 Å².